The number of thiophene rings is 1. The van der Waals surface area contributed by atoms with Gasteiger partial charge in [-0.25, -0.2) is 9.97 Å². The predicted octanol–water partition coefficient (Wildman–Crippen LogP) is 3.19. The quantitative estimate of drug-likeness (QED) is 0.896. The maximum Gasteiger partial charge on any atom is 0.160 e. The maximum absolute atomic E-state index is 4.79. The monoisotopic (exact) mass is 259 g/mol. The summed E-state index contributed by atoms with van der Waals surface area (Å²) in [5, 5.41) is 7.54. The molecule has 1 N–H and O–H groups in total. The summed E-state index contributed by atoms with van der Waals surface area (Å²) < 4.78 is 0. The fourth-order valence-electron chi connectivity index (χ4n) is 2.06. The van der Waals surface area contributed by atoms with Crippen LogP contribution in [0.5, 0.6) is 0 Å². The molecular formula is C14H17N3S. The van der Waals surface area contributed by atoms with Crippen molar-refractivity contribution in [1.82, 2.24) is 15.3 Å². The van der Waals surface area contributed by atoms with Crippen LogP contribution in [0.1, 0.15) is 36.9 Å². The molecule has 1 saturated carbocycles. The van der Waals surface area contributed by atoms with Crippen LogP contribution in [0.2, 0.25) is 0 Å². The van der Waals surface area contributed by atoms with Gasteiger partial charge in [0, 0.05) is 35.2 Å². The standard InChI is InChI=1S/C14H17N3S/c1-2-15-7-12-8-16-14(11-5-6-18-9-11)17-13(12)10-3-4-10/h5-6,8-10,15H,2-4,7H2,1H3. The molecule has 2 heterocycles. The second-order valence-corrected chi connectivity index (χ2v) is 5.45. The van der Waals surface area contributed by atoms with Gasteiger partial charge in [0.25, 0.3) is 0 Å². The Morgan fingerprint density at radius 2 is 2.33 bits per heavy atom. The normalized spacial score (nSPS) is 14.9. The molecule has 0 saturated heterocycles. The van der Waals surface area contributed by atoms with Gasteiger partial charge in [0.15, 0.2) is 5.82 Å². The SMILES string of the molecule is CCNCc1cnc(-c2ccsc2)nc1C1CC1. The van der Waals surface area contributed by atoms with Crippen molar-refractivity contribution < 1.29 is 0 Å². The Kier molecular flexibility index (Phi) is 3.39. The van der Waals surface area contributed by atoms with Crippen molar-refractivity contribution >= 4 is 11.3 Å². The Labute approximate surface area is 111 Å². The van der Waals surface area contributed by atoms with E-state index >= 15 is 0 Å². The Balaban J connectivity index is 1.92. The number of nitrogens with one attached hydrogen (secondary N) is 1. The lowest BCUT2D eigenvalue weighted by Crippen LogP contribution is -2.14. The first-order chi connectivity index (χ1) is 8.88. The summed E-state index contributed by atoms with van der Waals surface area (Å²) in [7, 11) is 0. The molecule has 1 fully saturated rings. The smallest absolute Gasteiger partial charge is 0.160 e. The number of nitrogens with zero attached hydrogens (tertiary/aromatic N) is 2. The van der Waals surface area contributed by atoms with Crippen molar-refractivity contribution in [3.8, 4) is 11.4 Å². The molecule has 2 aromatic rings. The Hall–Kier alpha value is -1.26. The van der Waals surface area contributed by atoms with Crippen molar-refractivity contribution in [2.45, 2.75) is 32.2 Å². The van der Waals surface area contributed by atoms with Crippen molar-refractivity contribution in [3.63, 3.8) is 0 Å². The highest BCUT2D eigenvalue weighted by Gasteiger charge is 2.28. The summed E-state index contributed by atoms with van der Waals surface area (Å²) in [4.78, 5) is 9.29. The van der Waals surface area contributed by atoms with Gasteiger partial charge in [-0.1, -0.05) is 6.92 Å². The summed E-state index contributed by atoms with van der Waals surface area (Å²) in [6.45, 7) is 3.99. The summed E-state index contributed by atoms with van der Waals surface area (Å²) in [6, 6.07) is 2.08. The topological polar surface area (TPSA) is 37.8 Å². The molecule has 94 valence electrons. The summed E-state index contributed by atoms with van der Waals surface area (Å²) in [5.74, 6) is 1.54. The van der Waals surface area contributed by atoms with Crippen LogP contribution < -0.4 is 5.32 Å². The van der Waals surface area contributed by atoms with Crippen molar-refractivity contribution in [3.05, 3.63) is 34.3 Å². The van der Waals surface area contributed by atoms with E-state index in [2.05, 4.69) is 34.1 Å². The lowest BCUT2D eigenvalue weighted by Gasteiger charge is -2.09. The number of rotatable bonds is 5. The van der Waals surface area contributed by atoms with Crippen LogP contribution in [-0.2, 0) is 6.54 Å². The van der Waals surface area contributed by atoms with Crippen LogP contribution >= 0.6 is 11.3 Å². The Morgan fingerprint density at radius 1 is 1.44 bits per heavy atom. The molecular weight excluding hydrogens is 242 g/mol. The van der Waals surface area contributed by atoms with Crippen LogP contribution in [0.25, 0.3) is 11.4 Å². The minimum Gasteiger partial charge on any atom is -0.313 e. The molecule has 0 aromatic carbocycles. The predicted molar refractivity (Wildman–Crippen MR) is 74.7 cm³/mol. The van der Waals surface area contributed by atoms with E-state index in [1.807, 2.05) is 6.20 Å². The Bertz CT molecular complexity index is 518. The van der Waals surface area contributed by atoms with Crippen LogP contribution in [0.4, 0.5) is 0 Å². The zero-order valence-electron chi connectivity index (χ0n) is 10.5. The molecule has 2 aromatic heterocycles. The van der Waals surface area contributed by atoms with Gasteiger partial charge in [0.2, 0.25) is 0 Å². The van der Waals surface area contributed by atoms with Gasteiger partial charge in [0.1, 0.15) is 0 Å². The molecule has 0 atom stereocenters. The largest absolute Gasteiger partial charge is 0.313 e. The maximum atomic E-state index is 4.79. The molecule has 18 heavy (non-hydrogen) atoms. The van der Waals surface area contributed by atoms with Gasteiger partial charge in [-0.2, -0.15) is 11.3 Å². The van der Waals surface area contributed by atoms with Crippen LogP contribution in [0.15, 0.2) is 23.0 Å². The molecule has 0 aliphatic heterocycles. The highest BCUT2D eigenvalue weighted by molar-refractivity contribution is 7.08. The van der Waals surface area contributed by atoms with Crippen molar-refractivity contribution in [1.29, 1.82) is 0 Å². The number of aromatic nitrogens is 2. The zero-order valence-corrected chi connectivity index (χ0v) is 11.3. The van der Waals surface area contributed by atoms with E-state index in [-0.39, 0.29) is 0 Å². The van der Waals surface area contributed by atoms with Gasteiger partial charge < -0.3 is 5.32 Å². The molecule has 0 amide bonds. The highest BCUT2D eigenvalue weighted by Crippen LogP contribution is 2.41. The molecule has 4 heteroatoms. The van der Waals surface area contributed by atoms with E-state index in [9.17, 15) is 0 Å². The third-order valence-corrected chi connectivity index (χ3v) is 3.89. The van der Waals surface area contributed by atoms with Gasteiger partial charge >= 0.3 is 0 Å². The summed E-state index contributed by atoms with van der Waals surface area (Å²) in [6.07, 6.45) is 4.55. The third kappa shape index (κ3) is 2.44. The lowest BCUT2D eigenvalue weighted by molar-refractivity contribution is 0.710. The number of hydrogen-bond donors (Lipinski definition) is 1. The van der Waals surface area contributed by atoms with Gasteiger partial charge in [-0.05, 0) is 30.8 Å². The van der Waals surface area contributed by atoms with E-state index < -0.39 is 0 Å². The first-order valence-electron chi connectivity index (χ1n) is 6.47. The molecule has 1 aliphatic rings. The van der Waals surface area contributed by atoms with Crippen molar-refractivity contribution in [2.24, 2.45) is 0 Å². The van der Waals surface area contributed by atoms with E-state index in [1.54, 1.807) is 11.3 Å². The molecule has 0 bridgehead atoms. The van der Waals surface area contributed by atoms with Crippen LogP contribution in [0, 0.1) is 0 Å². The van der Waals surface area contributed by atoms with E-state index in [0.29, 0.717) is 5.92 Å². The molecule has 3 rings (SSSR count). The third-order valence-electron chi connectivity index (χ3n) is 3.21. The Morgan fingerprint density at radius 3 is 3.00 bits per heavy atom. The molecule has 0 unspecified atom stereocenters. The second-order valence-electron chi connectivity index (χ2n) is 4.67. The molecule has 0 spiro atoms. The van der Waals surface area contributed by atoms with E-state index in [1.165, 1.54) is 24.1 Å². The zero-order chi connectivity index (χ0) is 12.4. The van der Waals surface area contributed by atoms with E-state index in [4.69, 9.17) is 4.98 Å². The van der Waals surface area contributed by atoms with Gasteiger partial charge in [-0.15, -0.1) is 0 Å². The van der Waals surface area contributed by atoms with E-state index in [0.717, 1.165) is 24.5 Å². The number of hydrogen-bond acceptors (Lipinski definition) is 4. The summed E-state index contributed by atoms with van der Waals surface area (Å²) in [5.41, 5.74) is 3.65. The highest BCUT2D eigenvalue weighted by atomic mass is 32.1. The molecule has 0 radical (unpaired) electrons. The van der Waals surface area contributed by atoms with Crippen molar-refractivity contribution in [2.75, 3.05) is 6.54 Å². The fourth-order valence-corrected chi connectivity index (χ4v) is 2.69. The van der Waals surface area contributed by atoms with Crippen LogP contribution in [0.3, 0.4) is 0 Å². The fraction of sp³-hybridized carbons (Fsp3) is 0.429. The first kappa shape index (κ1) is 11.8. The first-order valence-corrected chi connectivity index (χ1v) is 7.42. The molecule has 3 nitrogen and oxygen atoms in total. The average Bonchev–Trinajstić information content (AvgIpc) is 3.11. The minimum absolute atomic E-state index is 0.666. The lowest BCUT2D eigenvalue weighted by atomic mass is 10.1. The van der Waals surface area contributed by atoms with Gasteiger partial charge in [-0.3, -0.25) is 0 Å². The van der Waals surface area contributed by atoms with Crippen LogP contribution in [-0.4, -0.2) is 16.5 Å². The van der Waals surface area contributed by atoms with Gasteiger partial charge in [0.05, 0.1) is 5.69 Å². The minimum atomic E-state index is 0.666. The average molecular weight is 259 g/mol. The molecule has 1 aliphatic carbocycles. The summed E-state index contributed by atoms with van der Waals surface area (Å²) >= 11 is 1.69. The second kappa shape index (κ2) is 5.16.